The molecule has 420 valence electrons. The Morgan fingerprint density at radius 1 is 0.733 bits per heavy atom. The molecular weight excluding hydrogens is 947 g/mol. The molecule has 3 heterocycles. The summed E-state index contributed by atoms with van der Waals surface area (Å²) in [5.74, 6) is 5.73. The van der Waals surface area contributed by atoms with Gasteiger partial charge in [-0.05, 0) is 172 Å². The van der Waals surface area contributed by atoms with Crippen LogP contribution in [0.1, 0.15) is 200 Å². The zero-order chi connectivity index (χ0) is 55.2. The van der Waals surface area contributed by atoms with E-state index in [0.29, 0.717) is 18.3 Å². The summed E-state index contributed by atoms with van der Waals surface area (Å²) < 4.78 is 28.9. The third kappa shape index (κ3) is 11.6. The van der Waals surface area contributed by atoms with E-state index in [1.54, 1.807) is 12.1 Å². The number of hydrogen-bond donors (Lipinski definition) is 3. The van der Waals surface area contributed by atoms with Crippen molar-refractivity contribution in [1.29, 1.82) is 0 Å². The number of aromatic hydroxyl groups is 1. The van der Waals surface area contributed by atoms with E-state index in [-0.39, 0.29) is 87.3 Å². The van der Waals surface area contributed by atoms with Gasteiger partial charge in [0, 0.05) is 33.2 Å². The summed E-state index contributed by atoms with van der Waals surface area (Å²) in [6.45, 7) is 30.5. The summed E-state index contributed by atoms with van der Waals surface area (Å²) in [4.78, 5) is 48.6. The SMILES string of the molecule is CCC(C)(C)C(=O)Nc1cccc2c(O)cccc12.CCC(C)(C)C(=O)OC1(C(C)C)CCCC1.CCC(C)(C)C(=O)OC1(CC)CC2CC1C1C3CCC(C3)C21.CCC(C)(C)C(O)OC1C2CC3C(=O)OC1C3O2. The first-order chi connectivity index (χ1) is 35.1. The number of nitrogens with one attached hydrogen (secondary N) is 1. The molecule has 13 unspecified atom stereocenters. The normalized spacial score (nSPS) is 31.9. The van der Waals surface area contributed by atoms with Crippen molar-refractivity contribution in [2.75, 3.05) is 5.32 Å². The lowest BCUT2D eigenvalue weighted by Crippen LogP contribution is -2.49. The molecule has 13 atom stereocenters. The fourth-order valence-electron chi connectivity index (χ4n) is 13.8. The number of amides is 1. The van der Waals surface area contributed by atoms with Gasteiger partial charge in [0.1, 0.15) is 29.2 Å². The Morgan fingerprint density at radius 3 is 1.91 bits per heavy atom. The van der Waals surface area contributed by atoms with Crippen molar-refractivity contribution in [3.05, 3.63) is 36.4 Å². The van der Waals surface area contributed by atoms with Crippen LogP contribution in [0.25, 0.3) is 10.8 Å². The highest BCUT2D eigenvalue weighted by molar-refractivity contribution is 6.05. The lowest BCUT2D eigenvalue weighted by molar-refractivity contribution is -0.215. The molecule has 3 aliphatic heterocycles. The minimum absolute atomic E-state index is 0.00848. The van der Waals surface area contributed by atoms with Crippen molar-refractivity contribution in [2.24, 2.45) is 69.0 Å². The number of benzene rings is 2. The van der Waals surface area contributed by atoms with Crippen LogP contribution in [0.15, 0.2) is 36.4 Å². The molecule has 0 spiro atoms. The van der Waals surface area contributed by atoms with E-state index in [2.05, 4.69) is 33.0 Å². The highest BCUT2D eigenvalue weighted by atomic mass is 16.7. The number of hydrogen-bond acceptors (Lipinski definition) is 11. The van der Waals surface area contributed by atoms with Crippen LogP contribution in [0.5, 0.6) is 5.75 Å². The van der Waals surface area contributed by atoms with E-state index >= 15 is 0 Å². The number of rotatable bonds is 15. The highest BCUT2D eigenvalue weighted by Crippen LogP contribution is 2.71. The quantitative estimate of drug-likeness (QED) is 0.0672. The minimum Gasteiger partial charge on any atom is -0.507 e. The van der Waals surface area contributed by atoms with Crippen LogP contribution in [0.3, 0.4) is 0 Å². The van der Waals surface area contributed by atoms with Gasteiger partial charge in [0.2, 0.25) is 5.91 Å². The van der Waals surface area contributed by atoms with Crippen LogP contribution < -0.4 is 5.32 Å². The monoisotopic (exact) mass is 1040 g/mol. The standard InChI is InChI=1S/C20H32O2.C16H19NO2.C14H26O2.C13H20O5/c1-5-19(3,4)18(21)22-20(6-2)11-14-10-15(20)17-13-8-7-12(9-13)16(14)17;1-4-16(2,3)15(19)17-13-9-5-8-12-11(13)7-6-10-14(12)18;1-6-13(4,5)12(15)16-14(11(2)3)9-7-8-10-14;1-4-13(2,3)12(15)18-9-7-5-6-8(16-7)10(9)17-11(6)14/h12-17H,5-11H2,1-4H3;5-10,18H,4H2,1-3H3,(H,17,19);11H,6-10H2,1-5H3;6-10,12,15H,4-5H2,1-3H3. The molecule has 5 saturated carbocycles. The fraction of sp³-hybridized carbons (Fsp3) is 0.778. The lowest BCUT2D eigenvalue weighted by Gasteiger charge is -2.46. The van der Waals surface area contributed by atoms with Gasteiger partial charge in [0.25, 0.3) is 0 Å². The summed E-state index contributed by atoms with van der Waals surface area (Å²) in [5.41, 5.74) is -0.964. The van der Waals surface area contributed by atoms with Gasteiger partial charge in [0.15, 0.2) is 12.4 Å². The molecule has 0 radical (unpaired) electrons. The maximum atomic E-state index is 12.7. The van der Waals surface area contributed by atoms with Gasteiger partial charge in [-0.2, -0.15) is 0 Å². The van der Waals surface area contributed by atoms with E-state index in [0.717, 1.165) is 97.4 Å². The van der Waals surface area contributed by atoms with Gasteiger partial charge in [-0.1, -0.05) is 100 Å². The van der Waals surface area contributed by atoms with E-state index < -0.39 is 11.7 Å². The zero-order valence-corrected chi connectivity index (χ0v) is 48.6. The second kappa shape index (κ2) is 22.5. The Bertz CT molecular complexity index is 2350. The summed E-state index contributed by atoms with van der Waals surface area (Å²) in [6.07, 6.45) is 14.5. The van der Waals surface area contributed by atoms with Crippen LogP contribution in [-0.4, -0.2) is 75.9 Å². The average molecular weight is 1040 g/mol. The number of anilines is 1. The Balaban J connectivity index is 0.000000147. The van der Waals surface area contributed by atoms with Crippen molar-refractivity contribution in [2.45, 2.75) is 242 Å². The molecule has 2 aromatic carbocycles. The first kappa shape index (κ1) is 58.9. The van der Waals surface area contributed by atoms with E-state index in [1.165, 1.54) is 38.5 Å². The summed E-state index contributed by atoms with van der Waals surface area (Å²) >= 11 is 0. The number of fused-ring (bicyclic) bond motifs is 11. The van der Waals surface area contributed by atoms with Crippen molar-refractivity contribution in [3.8, 4) is 5.75 Å². The zero-order valence-electron chi connectivity index (χ0n) is 48.6. The molecule has 12 heteroatoms. The van der Waals surface area contributed by atoms with E-state index in [4.69, 9.17) is 23.7 Å². The smallest absolute Gasteiger partial charge is 0.312 e. The number of ether oxygens (including phenoxy) is 5. The first-order valence-electron chi connectivity index (χ1n) is 29.3. The van der Waals surface area contributed by atoms with Crippen LogP contribution in [0.4, 0.5) is 5.69 Å². The number of esters is 3. The van der Waals surface area contributed by atoms with Crippen molar-refractivity contribution >= 4 is 40.3 Å². The Kier molecular flexibility index (Phi) is 17.7. The fourth-order valence-corrected chi connectivity index (χ4v) is 13.8. The molecule has 3 N–H and O–H groups in total. The largest absolute Gasteiger partial charge is 0.507 e. The first-order valence-corrected chi connectivity index (χ1v) is 29.3. The number of carbonyl (C=O) groups is 4. The summed E-state index contributed by atoms with van der Waals surface area (Å²) in [7, 11) is 0. The summed E-state index contributed by atoms with van der Waals surface area (Å²) in [6, 6.07) is 10.8. The number of phenolic OH excluding ortho intramolecular Hbond substituents is 1. The second-order valence-electron chi connectivity index (χ2n) is 26.9. The number of carbonyl (C=O) groups excluding carboxylic acids is 4. The molecule has 0 aromatic heterocycles. The van der Waals surface area contributed by atoms with Crippen molar-refractivity contribution in [3.63, 3.8) is 0 Å². The summed E-state index contributed by atoms with van der Waals surface area (Å²) in [5, 5.41) is 24.5. The molecule has 6 bridgehead atoms. The molecule has 5 aliphatic carbocycles. The predicted molar refractivity (Wildman–Crippen MR) is 293 cm³/mol. The van der Waals surface area contributed by atoms with Gasteiger partial charge in [0.05, 0.1) is 22.9 Å². The molecule has 3 saturated heterocycles. The lowest BCUT2D eigenvalue weighted by atomic mass is 9.65. The van der Waals surface area contributed by atoms with E-state index in [1.807, 2.05) is 100 Å². The molecular formula is C63H97NO11. The maximum absolute atomic E-state index is 12.7. The molecule has 10 rings (SSSR count). The molecule has 1 amide bonds. The highest BCUT2D eigenvalue weighted by Gasteiger charge is 2.68. The van der Waals surface area contributed by atoms with Crippen LogP contribution in [0, 0.1) is 69.0 Å². The Hall–Kier alpha value is -3.74. The van der Waals surface area contributed by atoms with Crippen molar-refractivity contribution < 1.29 is 53.1 Å². The van der Waals surface area contributed by atoms with Crippen LogP contribution >= 0.6 is 0 Å². The van der Waals surface area contributed by atoms with Gasteiger partial charge >= 0.3 is 17.9 Å². The Morgan fingerprint density at radius 2 is 1.32 bits per heavy atom. The molecule has 8 aliphatic rings. The van der Waals surface area contributed by atoms with Crippen LogP contribution in [0.2, 0.25) is 0 Å². The topological polar surface area (TPSA) is 167 Å². The third-order valence-electron chi connectivity index (χ3n) is 20.8. The maximum Gasteiger partial charge on any atom is 0.312 e. The molecule has 75 heavy (non-hydrogen) atoms. The minimum atomic E-state index is -0.867. The van der Waals surface area contributed by atoms with Gasteiger partial charge < -0.3 is 39.2 Å². The average Bonchev–Trinajstić information content (AvgIpc) is 4.27. The number of aliphatic hydroxyl groups is 1. The number of aliphatic hydroxyl groups excluding tert-OH is 1. The van der Waals surface area contributed by atoms with Gasteiger partial charge in [-0.15, -0.1) is 0 Å². The van der Waals surface area contributed by atoms with E-state index in [9.17, 15) is 29.4 Å². The predicted octanol–water partition coefficient (Wildman–Crippen LogP) is 13.5. The second-order valence-corrected chi connectivity index (χ2v) is 26.9. The van der Waals surface area contributed by atoms with Crippen LogP contribution in [-0.2, 0) is 42.9 Å². The molecule has 8 fully saturated rings. The van der Waals surface area contributed by atoms with Crippen molar-refractivity contribution in [1.82, 2.24) is 0 Å². The molecule has 2 aromatic rings. The van der Waals surface area contributed by atoms with Gasteiger partial charge in [-0.3, -0.25) is 19.2 Å². The van der Waals surface area contributed by atoms with Gasteiger partial charge in [-0.25, -0.2) is 0 Å². The third-order valence-corrected chi connectivity index (χ3v) is 20.8. The Labute approximate surface area is 450 Å². The number of phenols is 1. The molecule has 12 nitrogen and oxygen atoms in total.